The van der Waals surface area contributed by atoms with E-state index in [4.69, 9.17) is 4.74 Å². The van der Waals surface area contributed by atoms with Gasteiger partial charge in [0.05, 0.1) is 13.2 Å². The molecule has 0 aromatic carbocycles. The van der Waals surface area contributed by atoms with Crippen molar-refractivity contribution in [2.24, 2.45) is 11.8 Å². The van der Waals surface area contributed by atoms with E-state index in [-0.39, 0.29) is 35.8 Å². The third kappa shape index (κ3) is 5.98. The van der Waals surface area contributed by atoms with Gasteiger partial charge in [0.25, 0.3) is 0 Å². The average molecular weight is 355 g/mol. The van der Waals surface area contributed by atoms with Crippen molar-refractivity contribution in [3.8, 4) is 0 Å². The summed E-state index contributed by atoms with van der Waals surface area (Å²) in [7, 11) is 3.31. The van der Waals surface area contributed by atoms with Gasteiger partial charge in [0.1, 0.15) is 6.04 Å². The van der Waals surface area contributed by atoms with Gasteiger partial charge in [-0.3, -0.25) is 14.5 Å². The van der Waals surface area contributed by atoms with Gasteiger partial charge >= 0.3 is 5.97 Å². The van der Waals surface area contributed by atoms with E-state index in [9.17, 15) is 9.59 Å². The average Bonchev–Trinajstić information content (AvgIpc) is 2.59. The number of rotatable bonds is 9. The first-order valence-corrected chi connectivity index (χ1v) is 9.97. The molecule has 0 bridgehead atoms. The van der Waals surface area contributed by atoms with E-state index >= 15 is 0 Å². The van der Waals surface area contributed by atoms with Crippen molar-refractivity contribution in [3.05, 3.63) is 0 Å². The normalized spacial score (nSPS) is 18.4. The number of nitrogens with one attached hydrogen (secondary N) is 1. The number of likely N-dealkylation sites (N-methyl/N-ethyl adjacent to an activating group) is 1. The molecule has 5 nitrogen and oxygen atoms in total. The minimum atomic E-state index is -0.410. The number of carbonyl (C=O) groups excluding carboxylic acids is 2. The van der Waals surface area contributed by atoms with Crippen LogP contribution in [0.5, 0.6) is 0 Å². The number of ether oxygens (including phenoxy) is 1. The second-order valence-electron chi connectivity index (χ2n) is 7.74. The summed E-state index contributed by atoms with van der Waals surface area (Å²) in [6, 6.07) is -0.432. The fraction of sp³-hybridized carbons (Fsp3) is 0.900. The molecule has 0 saturated heterocycles. The highest BCUT2D eigenvalue weighted by Crippen LogP contribution is 2.25. The van der Waals surface area contributed by atoms with Crippen molar-refractivity contribution in [2.75, 3.05) is 14.2 Å². The van der Waals surface area contributed by atoms with Crippen LogP contribution in [0.3, 0.4) is 0 Å². The molecule has 1 rings (SSSR count). The molecule has 0 radical (unpaired) electrons. The van der Waals surface area contributed by atoms with Gasteiger partial charge in [-0.2, -0.15) is 0 Å². The molecule has 5 heteroatoms. The van der Waals surface area contributed by atoms with E-state index in [0.29, 0.717) is 0 Å². The van der Waals surface area contributed by atoms with Gasteiger partial charge in [-0.15, -0.1) is 0 Å². The highest BCUT2D eigenvalue weighted by Gasteiger charge is 2.39. The summed E-state index contributed by atoms with van der Waals surface area (Å²) in [5.41, 5.74) is 0. The van der Waals surface area contributed by atoms with Crippen molar-refractivity contribution in [1.29, 1.82) is 0 Å². The Labute approximate surface area is 153 Å². The lowest BCUT2D eigenvalue weighted by molar-refractivity contribution is -0.151. The maximum absolute atomic E-state index is 13.1. The summed E-state index contributed by atoms with van der Waals surface area (Å²) in [5.74, 6) is 0.105. The van der Waals surface area contributed by atoms with Crippen LogP contribution >= 0.6 is 0 Å². The van der Waals surface area contributed by atoms with Crippen molar-refractivity contribution in [2.45, 2.75) is 90.8 Å². The lowest BCUT2D eigenvalue weighted by atomic mass is 9.88. The molecule has 0 aliphatic heterocycles. The first kappa shape index (κ1) is 21.9. The minimum absolute atomic E-state index is 0.0673. The van der Waals surface area contributed by atoms with Crippen molar-refractivity contribution < 1.29 is 14.3 Å². The molecule has 1 aliphatic rings. The second-order valence-corrected chi connectivity index (χ2v) is 7.74. The van der Waals surface area contributed by atoms with Gasteiger partial charge in [-0.1, -0.05) is 59.8 Å². The monoisotopic (exact) mass is 354 g/mol. The quantitative estimate of drug-likeness (QED) is 0.645. The first-order chi connectivity index (χ1) is 11.9. The summed E-state index contributed by atoms with van der Waals surface area (Å²) >= 11 is 0. The van der Waals surface area contributed by atoms with Crippen LogP contribution in [0.25, 0.3) is 0 Å². The first-order valence-electron chi connectivity index (χ1n) is 9.97. The van der Waals surface area contributed by atoms with Crippen LogP contribution in [0.15, 0.2) is 0 Å². The van der Waals surface area contributed by atoms with Gasteiger partial charge < -0.3 is 10.1 Å². The molecule has 1 saturated carbocycles. The Balaban J connectivity index is 3.00. The summed E-state index contributed by atoms with van der Waals surface area (Å²) in [6.07, 6.45) is 7.59. The SMILES string of the molecule is CCC(CC)C(C(=O)NC1CCCCC1)N(C)C(C(=O)OC)C(C)C. The maximum atomic E-state index is 13.1. The zero-order valence-corrected chi connectivity index (χ0v) is 17.0. The van der Waals surface area contributed by atoms with E-state index in [2.05, 4.69) is 19.2 Å². The molecule has 0 aromatic rings. The Hall–Kier alpha value is -1.10. The highest BCUT2D eigenvalue weighted by atomic mass is 16.5. The zero-order chi connectivity index (χ0) is 19.0. The molecule has 2 atom stereocenters. The van der Waals surface area contributed by atoms with Gasteiger partial charge in [-0.05, 0) is 31.7 Å². The third-order valence-electron chi connectivity index (χ3n) is 5.67. The van der Waals surface area contributed by atoms with E-state index in [1.165, 1.54) is 26.4 Å². The van der Waals surface area contributed by atoms with Crippen LogP contribution in [0, 0.1) is 11.8 Å². The Morgan fingerprint density at radius 1 is 1.08 bits per heavy atom. The molecule has 1 fully saturated rings. The number of carbonyl (C=O) groups is 2. The van der Waals surface area contributed by atoms with Crippen molar-refractivity contribution in [1.82, 2.24) is 10.2 Å². The largest absolute Gasteiger partial charge is 0.468 e. The lowest BCUT2D eigenvalue weighted by Gasteiger charge is -2.39. The summed E-state index contributed by atoms with van der Waals surface area (Å²) in [6.45, 7) is 8.24. The number of hydrogen-bond acceptors (Lipinski definition) is 4. The Kier molecular flexibility index (Phi) is 9.47. The number of methoxy groups -OCH3 is 1. The van der Waals surface area contributed by atoms with E-state index in [1.807, 2.05) is 25.8 Å². The molecule has 1 N–H and O–H groups in total. The standard InChI is InChI=1S/C20H38N2O3/c1-7-15(8-2)18(19(23)21-16-12-10-9-11-13-16)22(5)17(14(3)4)20(24)25-6/h14-18H,7-13H2,1-6H3,(H,21,23). The Morgan fingerprint density at radius 3 is 2.08 bits per heavy atom. The van der Waals surface area contributed by atoms with Crippen LogP contribution in [0.1, 0.15) is 72.6 Å². The van der Waals surface area contributed by atoms with Crippen molar-refractivity contribution in [3.63, 3.8) is 0 Å². The lowest BCUT2D eigenvalue weighted by Crippen LogP contribution is -2.58. The molecule has 1 amide bonds. The van der Waals surface area contributed by atoms with Gasteiger partial charge in [-0.25, -0.2) is 0 Å². The molecule has 146 valence electrons. The Morgan fingerprint density at radius 2 is 1.64 bits per heavy atom. The predicted octanol–water partition coefficient (Wildman–Crippen LogP) is 3.37. The molecular formula is C20H38N2O3. The molecule has 1 aliphatic carbocycles. The fourth-order valence-corrected chi connectivity index (χ4v) is 4.20. The van der Waals surface area contributed by atoms with Crippen LogP contribution in [0.4, 0.5) is 0 Å². The van der Waals surface area contributed by atoms with Crippen LogP contribution in [-0.2, 0) is 14.3 Å². The third-order valence-corrected chi connectivity index (χ3v) is 5.67. The number of esters is 1. The van der Waals surface area contributed by atoms with Crippen LogP contribution in [0.2, 0.25) is 0 Å². The molecule has 0 spiro atoms. The van der Waals surface area contributed by atoms with Gasteiger partial charge in [0.15, 0.2) is 0 Å². The molecule has 0 aromatic heterocycles. The Bertz CT molecular complexity index is 415. The van der Waals surface area contributed by atoms with E-state index in [1.54, 1.807) is 0 Å². The van der Waals surface area contributed by atoms with E-state index < -0.39 is 6.04 Å². The molecule has 25 heavy (non-hydrogen) atoms. The molecular weight excluding hydrogens is 316 g/mol. The topological polar surface area (TPSA) is 58.6 Å². The van der Waals surface area contributed by atoms with Gasteiger partial charge in [0.2, 0.25) is 5.91 Å². The second kappa shape index (κ2) is 10.8. The molecule has 0 heterocycles. The molecule has 2 unspecified atom stereocenters. The number of nitrogens with zero attached hydrogens (tertiary/aromatic N) is 1. The summed E-state index contributed by atoms with van der Waals surface area (Å²) in [4.78, 5) is 27.4. The van der Waals surface area contributed by atoms with Crippen LogP contribution < -0.4 is 5.32 Å². The van der Waals surface area contributed by atoms with E-state index in [0.717, 1.165) is 25.7 Å². The predicted molar refractivity (Wildman–Crippen MR) is 101 cm³/mol. The van der Waals surface area contributed by atoms with Gasteiger partial charge in [0, 0.05) is 6.04 Å². The summed E-state index contributed by atoms with van der Waals surface area (Å²) < 4.78 is 5.01. The highest BCUT2D eigenvalue weighted by molar-refractivity contribution is 5.84. The smallest absolute Gasteiger partial charge is 0.323 e. The number of amides is 1. The van der Waals surface area contributed by atoms with Crippen LogP contribution in [-0.4, -0.2) is 49.1 Å². The maximum Gasteiger partial charge on any atom is 0.323 e. The minimum Gasteiger partial charge on any atom is -0.468 e. The number of hydrogen-bond donors (Lipinski definition) is 1. The zero-order valence-electron chi connectivity index (χ0n) is 17.0. The van der Waals surface area contributed by atoms with Crippen molar-refractivity contribution >= 4 is 11.9 Å². The fourth-order valence-electron chi connectivity index (χ4n) is 4.20. The summed E-state index contributed by atoms with van der Waals surface area (Å²) in [5, 5.41) is 3.27.